The molecule has 0 saturated heterocycles. The Morgan fingerprint density at radius 2 is 2.11 bits per heavy atom. The molecule has 0 atom stereocenters. The third-order valence-electron chi connectivity index (χ3n) is 2.54. The summed E-state index contributed by atoms with van der Waals surface area (Å²) in [6.45, 7) is 4.68. The molecule has 1 aromatic carbocycles. The van der Waals surface area contributed by atoms with Gasteiger partial charge in [0.05, 0.1) is 12.3 Å². The summed E-state index contributed by atoms with van der Waals surface area (Å²) in [5.41, 5.74) is 1.88. The van der Waals surface area contributed by atoms with Gasteiger partial charge < -0.3 is 10.1 Å². The summed E-state index contributed by atoms with van der Waals surface area (Å²) in [6, 6.07) is 10.1. The number of carbonyl (C=O) groups is 1. The summed E-state index contributed by atoms with van der Waals surface area (Å²) in [5.74, 6) is -0.301. The molecule has 5 heteroatoms. The lowest BCUT2D eigenvalue weighted by molar-refractivity contribution is 0.0531. The topological polar surface area (TPSA) is 51.2 Å². The molecule has 0 amide bonds. The lowest BCUT2D eigenvalue weighted by Crippen LogP contribution is -2.03. The first-order chi connectivity index (χ1) is 9.20. The monoisotopic (exact) mass is 276 g/mol. The van der Waals surface area contributed by atoms with E-state index in [4.69, 9.17) is 4.74 Å². The molecule has 0 fully saturated rings. The number of esters is 1. The van der Waals surface area contributed by atoms with E-state index in [0.717, 1.165) is 5.13 Å². The second kappa shape index (κ2) is 6.33. The van der Waals surface area contributed by atoms with Crippen molar-refractivity contribution in [1.82, 2.24) is 4.98 Å². The number of benzene rings is 1. The highest BCUT2D eigenvalue weighted by atomic mass is 32.1. The van der Waals surface area contributed by atoms with Gasteiger partial charge in [0, 0.05) is 6.54 Å². The van der Waals surface area contributed by atoms with E-state index in [1.165, 1.54) is 16.9 Å². The average Bonchev–Trinajstić information content (AvgIpc) is 2.79. The van der Waals surface area contributed by atoms with E-state index in [9.17, 15) is 4.79 Å². The summed E-state index contributed by atoms with van der Waals surface area (Å²) >= 11 is 1.33. The van der Waals surface area contributed by atoms with Crippen LogP contribution in [0.25, 0.3) is 0 Å². The summed E-state index contributed by atoms with van der Waals surface area (Å²) in [6.07, 6.45) is 0. The quantitative estimate of drug-likeness (QED) is 0.852. The maximum Gasteiger partial charge on any atom is 0.350 e. The molecule has 0 aliphatic rings. The minimum atomic E-state index is -0.301. The lowest BCUT2D eigenvalue weighted by atomic mass is 10.2. The molecular weight excluding hydrogens is 260 g/mol. The van der Waals surface area contributed by atoms with Crippen molar-refractivity contribution < 1.29 is 9.53 Å². The third kappa shape index (κ3) is 3.54. The maximum atomic E-state index is 11.7. The van der Waals surface area contributed by atoms with Gasteiger partial charge in [0.2, 0.25) is 0 Å². The molecule has 2 aromatic rings. The van der Waals surface area contributed by atoms with E-state index in [0.29, 0.717) is 23.7 Å². The van der Waals surface area contributed by atoms with Crippen LogP contribution in [0.1, 0.15) is 27.9 Å². The summed E-state index contributed by atoms with van der Waals surface area (Å²) in [4.78, 5) is 16.6. The van der Waals surface area contributed by atoms with Gasteiger partial charge in [-0.25, -0.2) is 9.78 Å². The van der Waals surface area contributed by atoms with E-state index < -0.39 is 0 Å². The first-order valence-corrected chi connectivity index (χ1v) is 6.94. The van der Waals surface area contributed by atoms with E-state index in [-0.39, 0.29) is 5.97 Å². The van der Waals surface area contributed by atoms with Crippen LogP contribution >= 0.6 is 11.3 Å². The van der Waals surface area contributed by atoms with Crippen LogP contribution in [0.2, 0.25) is 0 Å². The predicted octanol–water partition coefficient (Wildman–Crippen LogP) is 3.24. The van der Waals surface area contributed by atoms with Gasteiger partial charge in [-0.3, -0.25) is 0 Å². The second-order valence-corrected chi connectivity index (χ2v) is 4.99. The van der Waals surface area contributed by atoms with Crippen LogP contribution < -0.4 is 5.32 Å². The van der Waals surface area contributed by atoms with Crippen LogP contribution in [0.5, 0.6) is 0 Å². The summed E-state index contributed by atoms with van der Waals surface area (Å²) in [5, 5.41) is 3.96. The van der Waals surface area contributed by atoms with E-state index in [2.05, 4.69) is 10.3 Å². The number of thiazole rings is 1. The van der Waals surface area contributed by atoms with E-state index in [1.54, 1.807) is 6.92 Å². The van der Waals surface area contributed by atoms with Gasteiger partial charge in [-0.1, -0.05) is 41.7 Å². The Bertz CT molecular complexity index is 552. The smallest absolute Gasteiger partial charge is 0.350 e. The molecule has 0 saturated carbocycles. The molecule has 2 rings (SSSR count). The third-order valence-corrected chi connectivity index (χ3v) is 3.64. The van der Waals surface area contributed by atoms with Gasteiger partial charge in [0.25, 0.3) is 0 Å². The Labute approximate surface area is 116 Å². The molecule has 0 radical (unpaired) electrons. The van der Waals surface area contributed by atoms with E-state index in [1.807, 2.05) is 37.3 Å². The van der Waals surface area contributed by atoms with Crippen LogP contribution in [-0.4, -0.2) is 17.6 Å². The normalized spacial score (nSPS) is 10.2. The SMILES string of the molecule is CCOC(=O)c1sc(NCc2ccccc2)nc1C. The molecular formula is C14H16N2O2S. The number of aromatic nitrogens is 1. The Balaban J connectivity index is 2.02. The minimum absolute atomic E-state index is 0.301. The van der Waals surface area contributed by atoms with Crippen molar-refractivity contribution in [3.8, 4) is 0 Å². The van der Waals surface area contributed by atoms with Gasteiger partial charge >= 0.3 is 5.97 Å². The zero-order valence-electron chi connectivity index (χ0n) is 11.0. The highest BCUT2D eigenvalue weighted by Gasteiger charge is 2.15. The van der Waals surface area contributed by atoms with Crippen molar-refractivity contribution >= 4 is 22.4 Å². The molecule has 0 spiro atoms. The molecule has 4 nitrogen and oxygen atoms in total. The van der Waals surface area contributed by atoms with Gasteiger partial charge in [-0.05, 0) is 19.4 Å². The number of rotatable bonds is 5. The molecule has 1 N–H and O–H groups in total. The summed E-state index contributed by atoms with van der Waals surface area (Å²) < 4.78 is 4.99. The van der Waals surface area contributed by atoms with Crippen LogP contribution in [-0.2, 0) is 11.3 Å². The average molecular weight is 276 g/mol. The fraction of sp³-hybridized carbons (Fsp3) is 0.286. The number of ether oxygens (including phenoxy) is 1. The molecule has 0 unspecified atom stereocenters. The first kappa shape index (κ1) is 13.5. The van der Waals surface area contributed by atoms with Crippen molar-refractivity contribution in [2.75, 3.05) is 11.9 Å². The van der Waals surface area contributed by atoms with Crippen molar-refractivity contribution in [3.63, 3.8) is 0 Å². The highest BCUT2D eigenvalue weighted by Crippen LogP contribution is 2.23. The maximum absolute atomic E-state index is 11.7. The van der Waals surface area contributed by atoms with Crippen LogP contribution in [0.3, 0.4) is 0 Å². The van der Waals surface area contributed by atoms with Crippen molar-refractivity contribution in [2.24, 2.45) is 0 Å². The summed E-state index contributed by atoms with van der Waals surface area (Å²) in [7, 11) is 0. The first-order valence-electron chi connectivity index (χ1n) is 6.13. The lowest BCUT2D eigenvalue weighted by Gasteiger charge is -2.01. The van der Waals surface area contributed by atoms with Crippen molar-refractivity contribution in [3.05, 3.63) is 46.5 Å². The molecule has 0 aliphatic heterocycles. The van der Waals surface area contributed by atoms with Gasteiger partial charge in [0.15, 0.2) is 5.13 Å². The van der Waals surface area contributed by atoms with E-state index >= 15 is 0 Å². The molecule has 1 heterocycles. The van der Waals surface area contributed by atoms with Crippen LogP contribution in [0.4, 0.5) is 5.13 Å². The number of anilines is 1. The molecule has 0 aliphatic carbocycles. The van der Waals surface area contributed by atoms with Crippen LogP contribution in [0, 0.1) is 6.92 Å². The zero-order valence-corrected chi connectivity index (χ0v) is 11.8. The Kier molecular flexibility index (Phi) is 4.52. The standard InChI is InChI=1S/C14H16N2O2S/c1-3-18-13(17)12-10(2)16-14(19-12)15-9-11-7-5-4-6-8-11/h4-8H,3,9H2,1-2H3,(H,15,16). The number of carbonyl (C=O) groups excluding carboxylic acids is 1. The molecule has 100 valence electrons. The van der Waals surface area contributed by atoms with Gasteiger partial charge in [-0.15, -0.1) is 0 Å². The fourth-order valence-corrected chi connectivity index (χ4v) is 2.49. The number of nitrogens with one attached hydrogen (secondary N) is 1. The Morgan fingerprint density at radius 1 is 1.37 bits per heavy atom. The molecule has 1 aromatic heterocycles. The van der Waals surface area contributed by atoms with Crippen molar-refractivity contribution in [1.29, 1.82) is 0 Å². The second-order valence-electron chi connectivity index (χ2n) is 3.99. The number of nitrogens with zero attached hydrogens (tertiary/aromatic N) is 1. The van der Waals surface area contributed by atoms with Gasteiger partial charge in [-0.2, -0.15) is 0 Å². The minimum Gasteiger partial charge on any atom is -0.462 e. The van der Waals surface area contributed by atoms with Crippen molar-refractivity contribution in [2.45, 2.75) is 20.4 Å². The Morgan fingerprint density at radius 3 is 2.79 bits per heavy atom. The predicted molar refractivity (Wildman–Crippen MR) is 76.6 cm³/mol. The zero-order chi connectivity index (χ0) is 13.7. The number of hydrogen-bond acceptors (Lipinski definition) is 5. The van der Waals surface area contributed by atoms with Crippen LogP contribution in [0.15, 0.2) is 30.3 Å². The number of hydrogen-bond donors (Lipinski definition) is 1. The Hall–Kier alpha value is -1.88. The molecule has 19 heavy (non-hydrogen) atoms. The fourth-order valence-electron chi connectivity index (χ4n) is 1.63. The molecule has 0 bridgehead atoms. The number of aryl methyl sites for hydroxylation is 1. The van der Waals surface area contributed by atoms with Gasteiger partial charge in [0.1, 0.15) is 4.88 Å². The largest absolute Gasteiger partial charge is 0.462 e. The highest BCUT2D eigenvalue weighted by molar-refractivity contribution is 7.17.